The number of fused-ring (bicyclic) bond motifs is 2. The summed E-state index contributed by atoms with van der Waals surface area (Å²) in [6.45, 7) is 8.73. The number of hydrogen-bond acceptors (Lipinski definition) is 8. The van der Waals surface area contributed by atoms with Crippen molar-refractivity contribution in [2.45, 2.75) is 20.8 Å². The Bertz CT molecular complexity index is 1140. The Labute approximate surface area is 155 Å². The van der Waals surface area contributed by atoms with Gasteiger partial charge in [0.15, 0.2) is 11.5 Å². The highest BCUT2D eigenvalue weighted by Gasteiger charge is 2.28. The molecule has 1 aliphatic heterocycles. The number of rotatable bonds is 4. The van der Waals surface area contributed by atoms with Crippen LogP contribution in [0.25, 0.3) is 11.4 Å². The molecule has 5 heterocycles. The van der Waals surface area contributed by atoms with Gasteiger partial charge >= 0.3 is 0 Å². The van der Waals surface area contributed by atoms with Crippen molar-refractivity contribution in [3.63, 3.8) is 0 Å². The SMILES string of the molecule is Cc1nc2ncnn2c(NCC2CN(c3ccc4nnc(C)n4n3)C2)c1C. The van der Waals surface area contributed by atoms with Crippen LogP contribution < -0.4 is 10.2 Å². The molecule has 4 aromatic heterocycles. The number of aryl methyl sites for hydroxylation is 2. The largest absolute Gasteiger partial charge is 0.369 e. The third kappa shape index (κ3) is 2.56. The van der Waals surface area contributed by atoms with E-state index in [9.17, 15) is 0 Å². The van der Waals surface area contributed by atoms with Crippen molar-refractivity contribution in [1.82, 2.24) is 39.4 Å². The van der Waals surface area contributed by atoms with Crippen LogP contribution in [0.3, 0.4) is 0 Å². The van der Waals surface area contributed by atoms with Gasteiger partial charge in [0.25, 0.3) is 5.78 Å². The highest BCUT2D eigenvalue weighted by atomic mass is 15.4. The zero-order valence-electron chi connectivity index (χ0n) is 15.5. The van der Waals surface area contributed by atoms with E-state index in [0.29, 0.717) is 11.7 Å². The fraction of sp³-hybridized carbons (Fsp3) is 0.412. The molecule has 4 aromatic rings. The van der Waals surface area contributed by atoms with Crippen molar-refractivity contribution in [1.29, 1.82) is 0 Å². The molecular weight excluding hydrogens is 344 g/mol. The summed E-state index contributed by atoms with van der Waals surface area (Å²) >= 11 is 0. The number of aromatic nitrogens is 8. The minimum atomic E-state index is 0.538. The van der Waals surface area contributed by atoms with Crippen LogP contribution in [-0.4, -0.2) is 59.0 Å². The smallest absolute Gasteiger partial charge is 0.254 e. The fourth-order valence-electron chi connectivity index (χ4n) is 3.42. The van der Waals surface area contributed by atoms with Gasteiger partial charge in [0, 0.05) is 36.8 Å². The lowest BCUT2D eigenvalue weighted by atomic mass is 10.00. The normalized spacial score (nSPS) is 14.9. The molecule has 0 unspecified atom stereocenters. The quantitative estimate of drug-likeness (QED) is 0.573. The van der Waals surface area contributed by atoms with E-state index < -0.39 is 0 Å². The monoisotopic (exact) mass is 364 g/mol. The first kappa shape index (κ1) is 15.9. The van der Waals surface area contributed by atoms with Gasteiger partial charge in [0.05, 0.1) is 0 Å². The molecule has 0 bridgehead atoms. The van der Waals surface area contributed by atoms with Crippen molar-refractivity contribution in [2.75, 3.05) is 29.9 Å². The molecule has 0 spiro atoms. The third-order valence-corrected chi connectivity index (χ3v) is 5.15. The van der Waals surface area contributed by atoms with Gasteiger partial charge in [-0.05, 0) is 32.9 Å². The molecular formula is C17H20N10. The molecule has 5 rings (SSSR count). The van der Waals surface area contributed by atoms with E-state index in [2.05, 4.69) is 47.5 Å². The maximum absolute atomic E-state index is 4.64. The summed E-state index contributed by atoms with van der Waals surface area (Å²) in [5, 5.41) is 20.6. The average molecular weight is 364 g/mol. The van der Waals surface area contributed by atoms with E-state index in [-0.39, 0.29) is 0 Å². The second kappa shape index (κ2) is 5.86. The molecule has 1 saturated heterocycles. The highest BCUT2D eigenvalue weighted by Crippen LogP contribution is 2.24. The van der Waals surface area contributed by atoms with Gasteiger partial charge in [0.2, 0.25) is 0 Å². The predicted octanol–water partition coefficient (Wildman–Crippen LogP) is 1.04. The molecule has 1 N–H and O–H groups in total. The van der Waals surface area contributed by atoms with Crippen molar-refractivity contribution in [3.05, 3.63) is 35.5 Å². The van der Waals surface area contributed by atoms with E-state index in [4.69, 9.17) is 0 Å². The van der Waals surface area contributed by atoms with Crippen molar-refractivity contribution in [3.8, 4) is 0 Å². The van der Waals surface area contributed by atoms with Crippen LogP contribution in [0, 0.1) is 26.7 Å². The zero-order chi connectivity index (χ0) is 18.5. The van der Waals surface area contributed by atoms with E-state index >= 15 is 0 Å². The lowest BCUT2D eigenvalue weighted by Crippen LogP contribution is -2.50. The molecule has 0 saturated carbocycles. The van der Waals surface area contributed by atoms with Crippen LogP contribution >= 0.6 is 0 Å². The number of anilines is 2. The molecule has 0 aromatic carbocycles. The number of nitrogens with one attached hydrogen (secondary N) is 1. The Morgan fingerprint density at radius 2 is 1.96 bits per heavy atom. The minimum absolute atomic E-state index is 0.538. The maximum Gasteiger partial charge on any atom is 0.254 e. The highest BCUT2D eigenvalue weighted by molar-refractivity contribution is 5.52. The van der Waals surface area contributed by atoms with E-state index in [0.717, 1.165) is 54.0 Å². The van der Waals surface area contributed by atoms with Crippen molar-refractivity contribution < 1.29 is 0 Å². The summed E-state index contributed by atoms with van der Waals surface area (Å²) < 4.78 is 3.55. The Balaban J connectivity index is 1.27. The Hall–Kier alpha value is -3.30. The van der Waals surface area contributed by atoms with Gasteiger partial charge in [-0.3, -0.25) is 0 Å². The van der Waals surface area contributed by atoms with Gasteiger partial charge in [0.1, 0.15) is 18.0 Å². The first-order valence-corrected chi connectivity index (χ1v) is 8.95. The Morgan fingerprint density at radius 1 is 1.11 bits per heavy atom. The Morgan fingerprint density at radius 3 is 2.81 bits per heavy atom. The minimum Gasteiger partial charge on any atom is -0.369 e. The van der Waals surface area contributed by atoms with Gasteiger partial charge in [-0.25, -0.2) is 4.98 Å². The topological polar surface area (TPSA) is 101 Å². The fourth-order valence-corrected chi connectivity index (χ4v) is 3.42. The molecule has 0 amide bonds. The van der Waals surface area contributed by atoms with E-state index in [1.165, 1.54) is 6.33 Å². The third-order valence-electron chi connectivity index (χ3n) is 5.15. The van der Waals surface area contributed by atoms with Gasteiger partial charge in [-0.2, -0.15) is 19.1 Å². The number of nitrogens with zero attached hydrogens (tertiary/aromatic N) is 9. The molecule has 0 aliphatic carbocycles. The lowest BCUT2D eigenvalue weighted by molar-refractivity contribution is 0.424. The second-order valence-corrected chi connectivity index (χ2v) is 7.00. The van der Waals surface area contributed by atoms with Crippen molar-refractivity contribution >= 4 is 23.1 Å². The second-order valence-electron chi connectivity index (χ2n) is 7.00. The molecule has 0 radical (unpaired) electrons. The Kier molecular flexibility index (Phi) is 3.46. The van der Waals surface area contributed by atoms with E-state index in [1.54, 1.807) is 9.03 Å². The van der Waals surface area contributed by atoms with Crippen LogP contribution in [0.1, 0.15) is 17.1 Å². The molecule has 138 valence electrons. The van der Waals surface area contributed by atoms with E-state index in [1.807, 2.05) is 26.0 Å². The summed E-state index contributed by atoms with van der Waals surface area (Å²) in [7, 11) is 0. The molecule has 0 atom stereocenters. The molecule has 1 fully saturated rings. The molecule has 10 heteroatoms. The molecule has 10 nitrogen and oxygen atoms in total. The molecule has 27 heavy (non-hydrogen) atoms. The van der Waals surface area contributed by atoms with Crippen LogP contribution in [0.5, 0.6) is 0 Å². The number of hydrogen-bond donors (Lipinski definition) is 1. The van der Waals surface area contributed by atoms with Gasteiger partial charge in [-0.1, -0.05) is 0 Å². The summed E-state index contributed by atoms with van der Waals surface area (Å²) in [5.41, 5.74) is 2.84. The first-order chi connectivity index (χ1) is 13.1. The zero-order valence-corrected chi connectivity index (χ0v) is 15.5. The predicted molar refractivity (Wildman–Crippen MR) is 100.0 cm³/mol. The maximum atomic E-state index is 4.64. The first-order valence-electron chi connectivity index (χ1n) is 8.95. The lowest BCUT2D eigenvalue weighted by Gasteiger charge is -2.40. The summed E-state index contributed by atoms with van der Waals surface area (Å²) in [5.74, 6) is 3.88. The van der Waals surface area contributed by atoms with Crippen molar-refractivity contribution in [2.24, 2.45) is 5.92 Å². The standard InChI is InChI=1S/C17H20N10/c1-10-11(2)21-17-19-9-20-27(17)16(10)18-6-13-7-25(8-13)15-5-4-14-23-22-12(3)26(14)24-15/h4-5,9,13,18H,6-8H2,1-3H3. The van der Waals surface area contributed by atoms with Crippen LogP contribution in [0.15, 0.2) is 18.5 Å². The summed E-state index contributed by atoms with van der Waals surface area (Å²) in [6, 6.07) is 3.96. The van der Waals surface area contributed by atoms with Crippen LogP contribution in [0.2, 0.25) is 0 Å². The summed E-state index contributed by atoms with van der Waals surface area (Å²) in [6.07, 6.45) is 1.53. The van der Waals surface area contributed by atoms with Gasteiger partial charge in [-0.15, -0.1) is 15.3 Å². The van der Waals surface area contributed by atoms with Crippen LogP contribution in [0.4, 0.5) is 11.6 Å². The summed E-state index contributed by atoms with van der Waals surface area (Å²) in [4.78, 5) is 10.9. The van der Waals surface area contributed by atoms with Gasteiger partial charge < -0.3 is 10.2 Å². The van der Waals surface area contributed by atoms with Crippen LogP contribution in [-0.2, 0) is 0 Å². The molecule has 1 aliphatic rings. The average Bonchev–Trinajstić information content (AvgIpc) is 3.23.